The van der Waals surface area contributed by atoms with Crippen molar-refractivity contribution in [1.82, 2.24) is 4.98 Å². The number of anilines is 1. The first-order chi connectivity index (χ1) is 9.11. The lowest BCUT2D eigenvalue weighted by molar-refractivity contribution is -0.148. The quantitative estimate of drug-likeness (QED) is 0.849. The summed E-state index contributed by atoms with van der Waals surface area (Å²) in [6, 6.07) is 3.83. The molecule has 1 heterocycles. The van der Waals surface area contributed by atoms with Gasteiger partial charge in [-0.3, -0.25) is 9.78 Å². The number of nitrogens with zero attached hydrogens (tertiary/aromatic N) is 1. The maximum Gasteiger partial charge on any atom is 0.309 e. The second-order valence-corrected chi connectivity index (χ2v) is 4.82. The van der Waals surface area contributed by atoms with Gasteiger partial charge in [0.2, 0.25) is 0 Å². The zero-order valence-corrected chi connectivity index (χ0v) is 11.5. The number of allylic oxidation sites excluding steroid dienone is 2. The SMILES string of the molecule is CCOC(=O)[C@H]1CC=C(c2ccc(N)c(C)n2)CC1. The third-order valence-electron chi connectivity index (χ3n) is 3.49. The van der Waals surface area contributed by atoms with Crippen molar-refractivity contribution in [3.8, 4) is 0 Å². The average molecular weight is 260 g/mol. The molecule has 2 N–H and O–H groups in total. The van der Waals surface area contributed by atoms with Crippen LogP contribution >= 0.6 is 0 Å². The molecule has 1 aliphatic rings. The number of aromatic nitrogens is 1. The van der Waals surface area contributed by atoms with Crippen molar-refractivity contribution in [3.05, 3.63) is 29.6 Å². The highest BCUT2D eigenvalue weighted by molar-refractivity contribution is 5.75. The minimum atomic E-state index is -0.0840. The predicted molar refractivity (Wildman–Crippen MR) is 75.3 cm³/mol. The standard InChI is InChI=1S/C15H20N2O2/c1-3-19-15(18)12-6-4-11(5-7-12)14-9-8-13(16)10(2)17-14/h4,8-9,12H,3,5-7,16H2,1-2H3/t12-/m0/s1. The summed E-state index contributed by atoms with van der Waals surface area (Å²) in [6.07, 6.45) is 4.53. The molecule has 1 atom stereocenters. The number of hydrogen-bond donors (Lipinski definition) is 1. The number of esters is 1. The number of carbonyl (C=O) groups is 1. The van der Waals surface area contributed by atoms with E-state index >= 15 is 0 Å². The highest BCUT2D eigenvalue weighted by Gasteiger charge is 2.23. The van der Waals surface area contributed by atoms with Crippen LogP contribution in [0, 0.1) is 12.8 Å². The summed E-state index contributed by atoms with van der Waals surface area (Å²) in [5.41, 5.74) is 9.50. The lowest BCUT2D eigenvalue weighted by atomic mass is 9.88. The second-order valence-electron chi connectivity index (χ2n) is 4.82. The van der Waals surface area contributed by atoms with E-state index in [0.717, 1.165) is 30.7 Å². The van der Waals surface area contributed by atoms with Crippen molar-refractivity contribution < 1.29 is 9.53 Å². The molecule has 102 valence electrons. The van der Waals surface area contributed by atoms with E-state index in [-0.39, 0.29) is 11.9 Å². The fourth-order valence-electron chi connectivity index (χ4n) is 2.29. The molecule has 1 aliphatic carbocycles. The van der Waals surface area contributed by atoms with Gasteiger partial charge in [0, 0.05) is 0 Å². The van der Waals surface area contributed by atoms with Crippen LogP contribution in [0.4, 0.5) is 5.69 Å². The lowest BCUT2D eigenvalue weighted by Crippen LogP contribution is -2.19. The molecule has 0 amide bonds. The van der Waals surface area contributed by atoms with Gasteiger partial charge in [-0.2, -0.15) is 0 Å². The van der Waals surface area contributed by atoms with E-state index in [2.05, 4.69) is 11.1 Å². The number of nitrogens with two attached hydrogens (primary N) is 1. The topological polar surface area (TPSA) is 65.2 Å². The molecular formula is C15H20N2O2. The van der Waals surface area contributed by atoms with Gasteiger partial charge in [-0.25, -0.2) is 0 Å². The minimum Gasteiger partial charge on any atom is -0.466 e. The van der Waals surface area contributed by atoms with Gasteiger partial charge in [0.05, 0.1) is 29.6 Å². The first kappa shape index (κ1) is 13.6. The van der Waals surface area contributed by atoms with Crippen LogP contribution in [0.15, 0.2) is 18.2 Å². The Bertz CT molecular complexity index is 509. The van der Waals surface area contributed by atoms with Crippen molar-refractivity contribution >= 4 is 17.2 Å². The summed E-state index contributed by atoms with van der Waals surface area (Å²) in [5.74, 6) is -0.0853. The predicted octanol–water partition coefficient (Wildman–Crippen LogP) is 2.72. The smallest absolute Gasteiger partial charge is 0.309 e. The molecule has 1 aromatic heterocycles. The molecule has 0 aliphatic heterocycles. The van der Waals surface area contributed by atoms with Crippen LogP contribution < -0.4 is 5.73 Å². The highest BCUT2D eigenvalue weighted by Crippen LogP contribution is 2.30. The van der Waals surface area contributed by atoms with Crippen LogP contribution in [0.2, 0.25) is 0 Å². The van der Waals surface area contributed by atoms with Crippen LogP contribution in [-0.2, 0) is 9.53 Å². The molecule has 0 unspecified atom stereocenters. The van der Waals surface area contributed by atoms with Gasteiger partial charge in [-0.05, 0) is 50.8 Å². The zero-order chi connectivity index (χ0) is 13.8. The molecule has 2 rings (SSSR count). The Hall–Kier alpha value is -1.84. The van der Waals surface area contributed by atoms with E-state index in [1.54, 1.807) is 0 Å². The third-order valence-corrected chi connectivity index (χ3v) is 3.49. The Morgan fingerprint density at radius 1 is 1.53 bits per heavy atom. The third kappa shape index (κ3) is 3.13. The van der Waals surface area contributed by atoms with Crippen molar-refractivity contribution in [2.24, 2.45) is 5.92 Å². The number of nitrogen functional groups attached to an aromatic ring is 1. The first-order valence-electron chi connectivity index (χ1n) is 6.71. The number of rotatable bonds is 3. The lowest BCUT2D eigenvalue weighted by Gasteiger charge is -2.20. The van der Waals surface area contributed by atoms with Gasteiger partial charge in [0.15, 0.2) is 0 Å². The minimum absolute atomic E-state index is 0.00132. The highest BCUT2D eigenvalue weighted by atomic mass is 16.5. The number of hydrogen-bond acceptors (Lipinski definition) is 4. The average Bonchev–Trinajstić information content (AvgIpc) is 2.42. The van der Waals surface area contributed by atoms with Crippen LogP contribution in [0.25, 0.3) is 5.57 Å². The summed E-state index contributed by atoms with van der Waals surface area (Å²) in [6.45, 7) is 4.19. The Kier molecular flexibility index (Phi) is 4.20. The largest absolute Gasteiger partial charge is 0.466 e. The van der Waals surface area contributed by atoms with Crippen LogP contribution in [0.1, 0.15) is 37.6 Å². The molecule has 0 radical (unpaired) electrons. The first-order valence-corrected chi connectivity index (χ1v) is 6.71. The molecule has 0 bridgehead atoms. The van der Waals surface area contributed by atoms with E-state index in [1.165, 1.54) is 5.57 Å². The molecule has 4 heteroatoms. The van der Waals surface area contributed by atoms with E-state index in [1.807, 2.05) is 26.0 Å². The van der Waals surface area contributed by atoms with Crippen LogP contribution in [0.3, 0.4) is 0 Å². The van der Waals surface area contributed by atoms with Gasteiger partial charge in [-0.15, -0.1) is 0 Å². The monoisotopic (exact) mass is 260 g/mol. The van der Waals surface area contributed by atoms with Gasteiger partial charge in [-0.1, -0.05) is 6.08 Å². The van der Waals surface area contributed by atoms with Gasteiger partial charge >= 0.3 is 5.97 Å². The molecular weight excluding hydrogens is 240 g/mol. The van der Waals surface area contributed by atoms with Crippen LogP contribution in [-0.4, -0.2) is 17.6 Å². The summed E-state index contributed by atoms with van der Waals surface area (Å²) in [7, 11) is 0. The van der Waals surface area contributed by atoms with Crippen molar-refractivity contribution in [2.75, 3.05) is 12.3 Å². The van der Waals surface area contributed by atoms with E-state index < -0.39 is 0 Å². The maximum atomic E-state index is 11.7. The molecule has 4 nitrogen and oxygen atoms in total. The number of ether oxygens (including phenoxy) is 1. The van der Waals surface area contributed by atoms with Crippen molar-refractivity contribution in [2.45, 2.75) is 33.1 Å². The van der Waals surface area contributed by atoms with E-state index in [9.17, 15) is 4.79 Å². The Morgan fingerprint density at radius 2 is 2.32 bits per heavy atom. The van der Waals surface area contributed by atoms with Crippen LogP contribution in [0.5, 0.6) is 0 Å². The summed E-state index contributed by atoms with van der Waals surface area (Å²) in [4.78, 5) is 16.1. The maximum absolute atomic E-state index is 11.7. The van der Waals surface area contributed by atoms with Crippen molar-refractivity contribution in [3.63, 3.8) is 0 Å². The number of carbonyl (C=O) groups excluding carboxylic acids is 1. The Labute approximate surface area is 113 Å². The van der Waals surface area contributed by atoms with E-state index in [4.69, 9.17) is 10.5 Å². The molecule has 0 fully saturated rings. The molecule has 0 spiro atoms. The second kappa shape index (κ2) is 5.87. The molecule has 19 heavy (non-hydrogen) atoms. The molecule has 1 aromatic rings. The fourth-order valence-corrected chi connectivity index (χ4v) is 2.29. The molecule has 0 aromatic carbocycles. The van der Waals surface area contributed by atoms with Gasteiger partial charge in [0.1, 0.15) is 0 Å². The number of aryl methyl sites for hydroxylation is 1. The number of pyridine rings is 1. The Morgan fingerprint density at radius 3 is 2.89 bits per heavy atom. The zero-order valence-electron chi connectivity index (χ0n) is 11.5. The summed E-state index contributed by atoms with van der Waals surface area (Å²) in [5, 5.41) is 0. The normalized spacial score (nSPS) is 18.8. The van der Waals surface area contributed by atoms with Crippen molar-refractivity contribution in [1.29, 1.82) is 0 Å². The summed E-state index contributed by atoms with van der Waals surface area (Å²) >= 11 is 0. The van der Waals surface area contributed by atoms with Gasteiger partial charge < -0.3 is 10.5 Å². The van der Waals surface area contributed by atoms with E-state index in [0.29, 0.717) is 12.3 Å². The molecule has 0 saturated heterocycles. The van der Waals surface area contributed by atoms with Gasteiger partial charge in [0.25, 0.3) is 0 Å². The summed E-state index contributed by atoms with van der Waals surface area (Å²) < 4.78 is 5.06. The fraction of sp³-hybridized carbons (Fsp3) is 0.467. The molecule has 0 saturated carbocycles. The Balaban J connectivity index is 2.08.